The first-order chi connectivity index (χ1) is 9.65. The zero-order chi connectivity index (χ0) is 14.1. The fourth-order valence-corrected chi connectivity index (χ4v) is 3.76. The summed E-state index contributed by atoms with van der Waals surface area (Å²) >= 11 is 1.41. The molecule has 1 aliphatic rings. The van der Waals surface area contributed by atoms with Crippen LogP contribution in [-0.4, -0.2) is 4.98 Å². The number of benzene rings is 1. The van der Waals surface area contributed by atoms with E-state index in [1.54, 1.807) is 0 Å². The number of anilines is 1. The van der Waals surface area contributed by atoms with E-state index in [2.05, 4.69) is 4.98 Å². The number of thiazole rings is 1. The standard InChI is InChI=1S/C15H16F2N2S/c16-10-6-7-12(17)11(8-10)13-14(18)20-15(19-13)9-4-2-1-3-5-9/h6-9H,1-5,18H2. The third-order valence-corrected chi connectivity index (χ3v) is 4.85. The molecule has 1 aliphatic carbocycles. The predicted molar refractivity (Wildman–Crippen MR) is 77.7 cm³/mol. The van der Waals surface area contributed by atoms with Crippen molar-refractivity contribution in [1.82, 2.24) is 4.98 Å². The third-order valence-electron chi connectivity index (χ3n) is 3.81. The lowest BCUT2D eigenvalue weighted by Gasteiger charge is -2.18. The molecular formula is C15H16F2N2S. The molecule has 1 heterocycles. The molecule has 0 unspecified atom stereocenters. The summed E-state index contributed by atoms with van der Waals surface area (Å²) in [5, 5.41) is 1.43. The van der Waals surface area contributed by atoms with Gasteiger partial charge in [0.05, 0.1) is 5.01 Å². The van der Waals surface area contributed by atoms with E-state index in [9.17, 15) is 8.78 Å². The van der Waals surface area contributed by atoms with Crippen LogP contribution in [0.15, 0.2) is 18.2 Å². The lowest BCUT2D eigenvalue weighted by Crippen LogP contribution is -2.03. The van der Waals surface area contributed by atoms with Gasteiger partial charge in [-0.15, -0.1) is 11.3 Å². The second-order valence-electron chi connectivity index (χ2n) is 5.22. The Labute approximate surface area is 120 Å². The van der Waals surface area contributed by atoms with Crippen LogP contribution in [0.3, 0.4) is 0 Å². The van der Waals surface area contributed by atoms with E-state index in [0.717, 1.165) is 36.0 Å². The largest absolute Gasteiger partial charge is 0.389 e. The molecule has 2 N–H and O–H groups in total. The SMILES string of the molecule is Nc1sc(C2CCCCC2)nc1-c1cc(F)ccc1F. The van der Waals surface area contributed by atoms with Crippen molar-refractivity contribution in [3.63, 3.8) is 0 Å². The Morgan fingerprint density at radius 2 is 1.90 bits per heavy atom. The van der Waals surface area contributed by atoms with Crippen molar-refractivity contribution in [1.29, 1.82) is 0 Å². The van der Waals surface area contributed by atoms with E-state index in [0.29, 0.717) is 16.6 Å². The summed E-state index contributed by atoms with van der Waals surface area (Å²) < 4.78 is 27.1. The summed E-state index contributed by atoms with van der Waals surface area (Å²) in [5.41, 5.74) is 6.50. The number of aromatic nitrogens is 1. The normalized spacial score (nSPS) is 16.5. The number of nitrogen functional groups attached to an aromatic ring is 1. The Balaban J connectivity index is 1.98. The van der Waals surface area contributed by atoms with E-state index in [-0.39, 0.29) is 5.56 Å². The predicted octanol–water partition coefficient (Wildman–Crippen LogP) is 4.72. The average molecular weight is 294 g/mol. The van der Waals surface area contributed by atoms with Gasteiger partial charge in [0.25, 0.3) is 0 Å². The maximum atomic E-state index is 13.8. The van der Waals surface area contributed by atoms with E-state index < -0.39 is 11.6 Å². The summed E-state index contributed by atoms with van der Waals surface area (Å²) in [7, 11) is 0. The average Bonchev–Trinajstić information content (AvgIpc) is 2.84. The van der Waals surface area contributed by atoms with Crippen LogP contribution < -0.4 is 5.73 Å². The summed E-state index contributed by atoms with van der Waals surface area (Å²) in [4.78, 5) is 4.49. The molecule has 2 nitrogen and oxygen atoms in total. The quantitative estimate of drug-likeness (QED) is 0.870. The van der Waals surface area contributed by atoms with Gasteiger partial charge in [-0.1, -0.05) is 19.3 Å². The van der Waals surface area contributed by atoms with Crippen molar-refractivity contribution in [2.45, 2.75) is 38.0 Å². The highest BCUT2D eigenvalue weighted by Gasteiger charge is 2.22. The second kappa shape index (κ2) is 5.48. The lowest BCUT2D eigenvalue weighted by molar-refractivity contribution is 0.442. The first-order valence-corrected chi connectivity index (χ1v) is 7.68. The van der Waals surface area contributed by atoms with Gasteiger partial charge >= 0.3 is 0 Å². The molecule has 0 bridgehead atoms. The fraction of sp³-hybridized carbons (Fsp3) is 0.400. The summed E-state index contributed by atoms with van der Waals surface area (Å²) in [6.45, 7) is 0. The molecule has 0 amide bonds. The molecule has 0 atom stereocenters. The number of nitrogens with zero attached hydrogens (tertiary/aromatic N) is 1. The minimum atomic E-state index is -0.487. The molecular weight excluding hydrogens is 278 g/mol. The Hall–Kier alpha value is -1.49. The van der Waals surface area contributed by atoms with Gasteiger partial charge in [0.1, 0.15) is 22.3 Å². The molecule has 2 aromatic rings. The van der Waals surface area contributed by atoms with Gasteiger partial charge in [-0.3, -0.25) is 0 Å². The molecule has 0 saturated heterocycles. The molecule has 1 saturated carbocycles. The number of halogens is 2. The van der Waals surface area contributed by atoms with Gasteiger partial charge in [0, 0.05) is 11.5 Å². The van der Waals surface area contributed by atoms with Crippen molar-refractivity contribution in [2.75, 3.05) is 5.73 Å². The number of hydrogen-bond donors (Lipinski definition) is 1. The lowest BCUT2D eigenvalue weighted by atomic mass is 9.90. The van der Waals surface area contributed by atoms with Gasteiger partial charge in [-0.05, 0) is 31.0 Å². The maximum Gasteiger partial charge on any atom is 0.132 e. The van der Waals surface area contributed by atoms with Crippen molar-refractivity contribution in [3.8, 4) is 11.3 Å². The van der Waals surface area contributed by atoms with E-state index >= 15 is 0 Å². The molecule has 1 aromatic carbocycles. The summed E-state index contributed by atoms with van der Waals surface area (Å²) in [6, 6.07) is 3.37. The number of hydrogen-bond acceptors (Lipinski definition) is 3. The summed E-state index contributed by atoms with van der Waals surface area (Å²) in [6.07, 6.45) is 5.89. The Morgan fingerprint density at radius 3 is 2.65 bits per heavy atom. The fourth-order valence-electron chi connectivity index (χ4n) is 2.75. The Morgan fingerprint density at radius 1 is 1.15 bits per heavy atom. The molecule has 3 rings (SSSR count). The van der Waals surface area contributed by atoms with E-state index in [1.807, 2.05) is 0 Å². The Bertz CT molecular complexity index is 618. The van der Waals surface area contributed by atoms with Gasteiger partial charge in [0.2, 0.25) is 0 Å². The number of nitrogens with two attached hydrogens (primary N) is 1. The van der Waals surface area contributed by atoms with Crippen LogP contribution in [0.25, 0.3) is 11.3 Å². The second-order valence-corrected chi connectivity index (χ2v) is 6.29. The first-order valence-electron chi connectivity index (χ1n) is 6.87. The minimum absolute atomic E-state index is 0.154. The highest BCUT2D eigenvalue weighted by atomic mass is 32.1. The van der Waals surface area contributed by atoms with Crippen LogP contribution in [0.5, 0.6) is 0 Å². The smallest absolute Gasteiger partial charge is 0.132 e. The van der Waals surface area contributed by atoms with Crippen molar-refractivity contribution < 1.29 is 8.78 Å². The number of rotatable bonds is 2. The zero-order valence-corrected chi connectivity index (χ0v) is 11.9. The van der Waals surface area contributed by atoms with Crippen LogP contribution in [0, 0.1) is 11.6 Å². The molecule has 0 aliphatic heterocycles. The van der Waals surface area contributed by atoms with Crippen LogP contribution >= 0.6 is 11.3 Å². The van der Waals surface area contributed by atoms with E-state index in [1.165, 1.54) is 30.6 Å². The van der Waals surface area contributed by atoms with Crippen LogP contribution in [0.4, 0.5) is 13.8 Å². The molecule has 1 fully saturated rings. The zero-order valence-electron chi connectivity index (χ0n) is 11.0. The first kappa shape index (κ1) is 13.5. The molecule has 106 valence electrons. The highest BCUT2D eigenvalue weighted by Crippen LogP contribution is 2.40. The van der Waals surface area contributed by atoms with E-state index in [4.69, 9.17) is 5.73 Å². The third kappa shape index (κ3) is 2.54. The molecule has 1 aromatic heterocycles. The molecule has 0 spiro atoms. The Kier molecular flexibility index (Phi) is 3.70. The van der Waals surface area contributed by atoms with Gasteiger partial charge in [-0.25, -0.2) is 13.8 Å². The minimum Gasteiger partial charge on any atom is -0.389 e. The van der Waals surface area contributed by atoms with Crippen molar-refractivity contribution in [3.05, 3.63) is 34.8 Å². The van der Waals surface area contributed by atoms with Crippen molar-refractivity contribution >= 4 is 16.3 Å². The highest BCUT2D eigenvalue weighted by molar-refractivity contribution is 7.16. The summed E-state index contributed by atoms with van der Waals surface area (Å²) in [5.74, 6) is -0.548. The molecule has 5 heteroatoms. The maximum absolute atomic E-state index is 13.8. The molecule has 20 heavy (non-hydrogen) atoms. The topological polar surface area (TPSA) is 38.9 Å². The van der Waals surface area contributed by atoms with Crippen LogP contribution in [0.2, 0.25) is 0 Å². The monoisotopic (exact) mass is 294 g/mol. The van der Waals surface area contributed by atoms with Crippen molar-refractivity contribution in [2.24, 2.45) is 0 Å². The van der Waals surface area contributed by atoms with Gasteiger partial charge < -0.3 is 5.73 Å². The van der Waals surface area contributed by atoms with Gasteiger partial charge in [-0.2, -0.15) is 0 Å². The van der Waals surface area contributed by atoms with Gasteiger partial charge in [0.15, 0.2) is 0 Å². The molecule has 0 radical (unpaired) electrons. The van der Waals surface area contributed by atoms with Crippen LogP contribution in [-0.2, 0) is 0 Å². The van der Waals surface area contributed by atoms with Crippen LogP contribution in [0.1, 0.15) is 43.0 Å².